The first kappa shape index (κ1) is 60.9. The van der Waals surface area contributed by atoms with Crippen LogP contribution in [0.25, 0.3) is 0 Å². The summed E-state index contributed by atoms with van der Waals surface area (Å²) in [5.41, 5.74) is 1.44. The highest BCUT2D eigenvalue weighted by atomic mass is 127. The van der Waals surface area contributed by atoms with E-state index in [1.165, 1.54) is 38.5 Å². The number of ketones is 3. The maximum atomic E-state index is 12.8. The predicted octanol–water partition coefficient (Wildman–Crippen LogP) is 0.936. The van der Waals surface area contributed by atoms with E-state index < -0.39 is 51.4 Å². The van der Waals surface area contributed by atoms with E-state index in [0.29, 0.717) is 55.8 Å². The van der Waals surface area contributed by atoms with Gasteiger partial charge in [0.05, 0.1) is 62.1 Å². The molecule has 18 rings (SSSR count). The van der Waals surface area contributed by atoms with Crippen LogP contribution < -0.4 is 55.2 Å². The summed E-state index contributed by atoms with van der Waals surface area (Å²) < 4.78 is 20.0. The number of likely N-dealkylation sites (tertiary alicyclic amines) is 3. The Balaban J connectivity index is 0.000000118. The van der Waals surface area contributed by atoms with Crippen LogP contribution in [0.5, 0.6) is 34.5 Å². The summed E-state index contributed by atoms with van der Waals surface area (Å²) in [5.74, 6) is 6.04. The van der Waals surface area contributed by atoms with Gasteiger partial charge in [0, 0.05) is 86.1 Å². The lowest BCUT2D eigenvalue weighted by atomic mass is 9.48. The quantitative estimate of drug-likeness (QED) is 0.116. The van der Waals surface area contributed by atoms with E-state index in [4.69, 9.17) is 14.2 Å². The molecular weight excluding hydrogens is 1420 g/mol. The van der Waals surface area contributed by atoms with Gasteiger partial charge in [0.25, 0.3) is 0 Å². The summed E-state index contributed by atoms with van der Waals surface area (Å²) in [5, 5.41) is 67.4. The molecule has 15 nitrogen and oxygen atoms in total. The van der Waals surface area contributed by atoms with E-state index in [1.807, 2.05) is 29.0 Å². The number of Topliss-reactive ketones (excluding diaryl/α,β-unsaturated/α-hetero) is 3. The Morgan fingerprint density at radius 3 is 1.27 bits per heavy atom. The maximum absolute atomic E-state index is 12.8. The van der Waals surface area contributed by atoms with Crippen LogP contribution in [0, 0.1) is 17.8 Å². The summed E-state index contributed by atoms with van der Waals surface area (Å²) in [6.45, 7) is 6.13. The second-order valence-electron chi connectivity index (χ2n) is 27.9. The van der Waals surface area contributed by atoms with Crippen LogP contribution >= 0.6 is 38.5 Å². The van der Waals surface area contributed by atoms with Gasteiger partial charge in [-0.1, -0.05) is 56.7 Å². The van der Waals surface area contributed by atoms with E-state index in [0.717, 1.165) is 138 Å². The third-order valence-corrected chi connectivity index (χ3v) is 24.1. The van der Waals surface area contributed by atoms with Crippen molar-refractivity contribution in [2.45, 2.75) is 185 Å². The number of aliphatic hydroxyl groups is 3. The van der Waals surface area contributed by atoms with Crippen LogP contribution in [-0.4, -0.2) is 179 Å². The molecule has 6 bridgehead atoms. The largest absolute Gasteiger partial charge is 1.00 e. The Morgan fingerprint density at radius 1 is 0.542 bits per heavy atom. The van der Waals surface area contributed by atoms with Crippen molar-refractivity contribution in [3.63, 3.8) is 0 Å². The van der Waals surface area contributed by atoms with Gasteiger partial charge < -0.3 is 94.8 Å². The molecule has 0 radical (unpaired) electrons. The van der Waals surface area contributed by atoms with Gasteiger partial charge in [0.15, 0.2) is 70.2 Å². The lowest BCUT2D eigenvalue weighted by Crippen LogP contribution is -3.00. The number of quaternary nitrogens is 2. The summed E-state index contributed by atoms with van der Waals surface area (Å²) >= 11 is 5.09. The monoisotopic (exact) mass is 1500 g/mol. The van der Waals surface area contributed by atoms with E-state index >= 15 is 0 Å². The Kier molecular flexibility index (Phi) is 15.3. The topological polar surface area (TPSA) is 204 Å². The Bertz CT molecular complexity index is 3040. The number of rotatable bonds is 6. The molecule has 0 aromatic heterocycles. The number of hydrogen-bond donors (Lipinski definition) is 6. The fraction of sp³-hybridized carbons (Fsp3) is 0.672. The summed E-state index contributed by atoms with van der Waals surface area (Å²) in [6, 6.07) is 11.2. The average Bonchev–Trinajstić information content (AvgIpc) is 1.48. The van der Waals surface area contributed by atoms with Gasteiger partial charge >= 0.3 is 0 Å². The normalized spacial score (nSPS) is 41.0. The van der Waals surface area contributed by atoms with Gasteiger partial charge in [-0.15, -0.1) is 0 Å². The zero-order valence-electron chi connectivity index (χ0n) is 48.1. The second-order valence-corrected chi connectivity index (χ2v) is 27.9. The molecule has 3 aromatic carbocycles. The smallest absolute Gasteiger partial charge is 0.174 e. The van der Waals surface area contributed by atoms with E-state index in [2.05, 4.69) is 57.5 Å². The molecule has 3 aromatic rings. The van der Waals surface area contributed by atoms with E-state index in [-0.39, 0.29) is 93.7 Å². The Labute approximate surface area is 536 Å². The zero-order valence-corrected chi connectivity index (χ0v) is 55.6. The minimum absolute atomic E-state index is 0. The van der Waals surface area contributed by atoms with Crippen molar-refractivity contribution in [2.24, 2.45) is 17.8 Å². The molecule has 83 heavy (non-hydrogen) atoms. The van der Waals surface area contributed by atoms with E-state index in [9.17, 15) is 45.0 Å². The molecular formula is C64H81Br2I2N3O12. The first-order valence-electron chi connectivity index (χ1n) is 30.3. The highest BCUT2D eigenvalue weighted by Crippen LogP contribution is 2.69. The van der Waals surface area contributed by atoms with Crippen LogP contribution in [0.4, 0.5) is 0 Å². The van der Waals surface area contributed by atoms with Crippen molar-refractivity contribution >= 4 is 55.9 Å². The highest BCUT2D eigenvalue weighted by Gasteiger charge is 2.79. The summed E-state index contributed by atoms with van der Waals surface area (Å²) in [4.78, 5) is 42.8. The summed E-state index contributed by atoms with van der Waals surface area (Å²) in [6.07, 6.45) is 13.2. The molecule has 15 aliphatic rings. The molecule has 3 saturated heterocycles. The number of hydrogen-bond acceptors (Lipinski definition) is 13. The number of aromatic hydroxyl groups is 3. The first-order valence-corrected chi connectivity index (χ1v) is 34.1. The molecule has 6 N–H and O–H groups in total. The predicted molar refractivity (Wildman–Crippen MR) is 313 cm³/mol. The number of nitrogens with zero attached hydrogens (tertiary/aromatic N) is 3. The first-order chi connectivity index (χ1) is 38.8. The Morgan fingerprint density at radius 2 is 0.892 bits per heavy atom. The molecule has 6 heterocycles. The molecule has 6 aliphatic heterocycles. The van der Waals surface area contributed by atoms with Crippen LogP contribution in [0.3, 0.4) is 0 Å². The number of halogens is 4. The zero-order chi connectivity index (χ0) is 56.8. The van der Waals surface area contributed by atoms with Crippen LogP contribution in [-0.2, 0) is 49.9 Å². The fourth-order valence-electron chi connectivity index (χ4n) is 20.1. The fourth-order valence-corrected chi connectivity index (χ4v) is 20.1. The number of carbonyl (C=O) groups is 3. The third kappa shape index (κ3) is 8.16. The average molecular weight is 1500 g/mol. The van der Waals surface area contributed by atoms with Crippen molar-refractivity contribution < 1.29 is 109 Å². The van der Waals surface area contributed by atoms with E-state index in [1.54, 1.807) is 18.2 Å². The number of benzene rings is 3. The lowest BCUT2D eigenvalue weighted by molar-refractivity contribution is -0.950. The third-order valence-electron chi connectivity index (χ3n) is 24.1. The SMILES string of the molecule is CBr.CI.C[N@+]1(CC2CC2)CC[C@]23c4c5ccc(O)c4OC2C(=O)CCC3(O)C1C5.C[N@+]1(CC2CC2)CC[C@]23c4c5ccc(O)c4OC2C(=O)CCC3(O)C1C5.O=C1CCC2(O)C3Cc4ccc(O)c5c4[C@@]2(CCN3CC2CC2)C1O5.[Br-].[I-]. The molecule has 19 heteroatoms. The lowest BCUT2D eigenvalue weighted by Gasteiger charge is -2.64. The molecule has 9 aliphatic carbocycles. The van der Waals surface area contributed by atoms with Crippen molar-refractivity contribution in [2.75, 3.05) is 64.1 Å². The van der Waals surface area contributed by atoms with Gasteiger partial charge in [0.1, 0.15) is 23.3 Å². The molecule has 0 amide bonds. The summed E-state index contributed by atoms with van der Waals surface area (Å²) in [7, 11) is 4.61. The van der Waals surface area contributed by atoms with Gasteiger partial charge in [-0.2, -0.15) is 0 Å². The Hall–Kier alpha value is -2.35. The second kappa shape index (κ2) is 20.9. The molecule has 9 fully saturated rings. The number of ether oxygens (including phenoxy) is 3. The van der Waals surface area contributed by atoms with Crippen molar-refractivity contribution in [3.05, 3.63) is 69.8 Å². The van der Waals surface area contributed by atoms with Crippen LogP contribution in [0.1, 0.15) is 130 Å². The minimum atomic E-state index is -0.940. The van der Waals surface area contributed by atoms with Gasteiger partial charge in [-0.3, -0.25) is 19.3 Å². The number of phenolic OH excluding ortho intramolecular Hbond substituents is 3. The van der Waals surface area contributed by atoms with Crippen molar-refractivity contribution in [1.82, 2.24) is 4.90 Å². The number of phenols is 3. The minimum Gasteiger partial charge on any atom is -1.00 e. The van der Waals surface area contributed by atoms with Gasteiger partial charge in [-0.25, -0.2) is 0 Å². The number of carbonyl (C=O) groups excluding carboxylic acids is 3. The molecule has 452 valence electrons. The number of piperidine rings is 3. The molecule has 6 saturated carbocycles. The standard InChI is InChI=1S/2C21H25NO4.C20H23NO4.CH3Br.CH3I.BrH.HI/c2*1-22(11-12-2-3-12)9-8-20-17-13-4-5-14(23)18(17)26-19(20)15(24)6-7-21(20,25)16(22)10-13;22-13-4-3-12-9-15-20(24)6-5-14(23)18-19(20,16(12)17(13)25-18)7-8-21(15)10-11-1-2-11;2*1-2;;/h2*4-5,12,16,19,25H,2-3,6-11H2,1H3;3-4,11,15,18,22,24H,1-2,5-10H2;2*1H3;2*1H/t2*16?,19?,20-,21?,22+;15?,18?,19-,20?;;;;/m000..../s1. The number of likely N-dealkylation sites (N-methyl/N-ethyl adjacent to an activating group) is 2. The van der Waals surface area contributed by atoms with Crippen molar-refractivity contribution in [3.8, 4) is 34.5 Å². The van der Waals surface area contributed by atoms with Crippen molar-refractivity contribution in [1.29, 1.82) is 0 Å². The van der Waals surface area contributed by atoms with Gasteiger partial charge in [0.2, 0.25) is 0 Å². The molecule has 9 unspecified atom stereocenters. The maximum Gasteiger partial charge on any atom is 0.174 e. The van der Waals surface area contributed by atoms with Gasteiger partial charge in [-0.05, 0) is 129 Å². The molecule has 3 spiro atoms. The van der Waals surface area contributed by atoms with Crippen LogP contribution in [0.2, 0.25) is 0 Å². The molecule has 14 atom stereocenters. The highest BCUT2D eigenvalue weighted by molar-refractivity contribution is 14.1. The number of alkyl halides is 2. The van der Waals surface area contributed by atoms with Crippen LogP contribution in [0.15, 0.2) is 36.4 Å².